The van der Waals surface area contributed by atoms with E-state index < -0.39 is 10.0 Å². The molecule has 1 heterocycles. The summed E-state index contributed by atoms with van der Waals surface area (Å²) in [5.74, 6) is -0.0443. The van der Waals surface area contributed by atoms with Gasteiger partial charge in [0.1, 0.15) is 5.82 Å². The summed E-state index contributed by atoms with van der Waals surface area (Å²) < 4.78 is 27.2. The van der Waals surface area contributed by atoms with Crippen molar-refractivity contribution in [3.63, 3.8) is 0 Å². The second-order valence-electron chi connectivity index (χ2n) is 6.99. The van der Waals surface area contributed by atoms with Crippen molar-refractivity contribution < 1.29 is 13.2 Å². The summed E-state index contributed by atoms with van der Waals surface area (Å²) in [4.78, 5) is 33.4. The molecule has 0 radical (unpaired) electrons. The average Bonchev–Trinajstić information content (AvgIpc) is 2.66. The van der Waals surface area contributed by atoms with Gasteiger partial charge in [0, 0.05) is 18.7 Å². The number of hydrogen-bond acceptors (Lipinski definition) is 5. The number of H-pyrrole nitrogens is 1. The van der Waals surface area contributed by atoms with Crippen LogP contribution in [0.25, 0.3) is 10.9 Å². The predicted molar refractivity (Wildman–Crippen MR) is 110 cm³/mol. The van der Waals surface area contributed by atoms with E-state index in [2.05, 4.69) is 14.7 Å². The van der Waals surface area contributed by atoms with Gasteiger partial charge < -0.3 is 9.88 Å². The molecule has 1 aromatic heterocycles. The smallest absolute Gasteiger partial charge is 0.258 e. The van der Waals surface area contributed by atoms with E-state index in [1.807, 2.05) is 0 Å². The second-order valence-corrected chi connectivity index (χ2v) is 8.71. The number of hydrogen-bond donors (Lipinski definition) is 2. The Morgan fingerprint density at radius 2 is 1.90 bits per heavy atom. The van der Waals surface area contributed by atoms with Crippen molar-refractivity contribution in [2.45, 2.75) is 31.3 Å². The largest absolute Gasteiger partial charge is 0.334 e. The van der Waals surface area contributed by atoms with E-state index in [9.17, 15) is 18.0 Å². The molecule has 0 unspecified atom stereocenters. The SMILES string of the molecule is CC(C)NS(=O)(=O)c1cccc(C(=O)N(C)Cc2nc3ccccc3c(=O)[nH]2)c1. The normalized spacial score (nSPS) is 11.7. The lowest BCUT2D eigenvalue weighted by Gasteiger charge is -2.17. The summed E-state index contributed by atoms with van der Waals surface area (Å²) in [7, 11) is -2.15. The van der Waals surface area contributed by atoms with E-state index in [1.165, 1.54) is 23.1 Å². The number of amides is 1. The van der Waals surface area contributed by atoms with Gasteiger partial charge in [0.15, 0.2) is 0 Å². The van der Waals surface area contributed by atoms with Crippen molar-refractivity contribution in [1.29, 1.82) is 0 Å². The van der Waals surface area contributed by atoms with Gasteiger partial charge in [0.2, 0.25) is 10.0 Å². The van der Waals surface area contributed by atoms with E-state index in [-0.39, 0.29) is 34.5 Å². The van der Waals surface area contributed by atoms with Crippen LogP contribution in [0.5, 0.6) is 0 Å². The van der Waals surface area contributed by atoms with Crippen LogP contribution >= 0.6 is 0 Å². The quantitative estimate of drug-likeness (QED) is 0.640. The molecule has 2 aromatic carbocycles. The van der Waals surface area contributed by atoms with Crippen LogP contribution < -0.4 is 10.3 Å². The van der Waals surface area contributed by atoms with E-state index in [1.54, 1.807) is 51.2 Å². The fraction of sp³-hybridized carbons (Fsp3) is 0.250. The van der Waals surface area contributed by atoms with E-state index in [4.69, 9.17) is 0 Å². The van der Waals surface area contributed by atoms with Crippen LogP contribution in [-0.2, 0) is 16.6 Å². The van der Waals surface area contributed by atoms with Gasteiger partial charge in [0.25, 0.3) is 11.5 Å². The number of nitrogens with one attached hydrogen (secondary N) is 2. The maximum Gasteiger partial charge on any atom is 0.258 e. The second kappa shape index (κ2) is 8.14. The Kier molecular flexibility index (Phi) is 5.81. The van der Waals surface area contributed by atoms with Gasteiger partial charge in [-0.1, -0.05) is 18.2 Å². The summed E-state index contributed by atoms with van der Waals surface area (Å²) in [5.41, 5.74) is 0.488. The molecule has 0 bridgehead atoms. The molecule has 0 saturated carbocycles. The third-order valence-corrected chi connectivity index (χ3v) is 5.83. The predicted octanol–water partition coefficient (Wildman–Crippen LogP) is 1.88. The van der Waals surface area contributed by atoms with Crippen molar-refractivity contribution in [2.75, 3.05) is 7.05 Å². The topological polar surface area (TPSA) is 112 Å². The van der Waals surface area contributed by atoms with Crippen molar-refractivity contribution in [1.82, 2.24) is 19.6 Å². The summed E-state index contributed by atoms with van der Waals surface area (Å²) in [5, 5.41) is 0.473. The molecular formula is C20H22N4O4S. The number of nitrogens with zero attached hydrogens (tertiary/aromatic N) is 2. The highest BCUT2D eigenvalue weighted by molar-refractivity contribution is 7.89. The Balaban J connectivity index is 1.84. The van der Waals surface area contributed by atoms with Crippen LogP contribution in [0.1, 0.15) is 30.0 Å². The molecule has 0 fully saturated rings. The molecule has 9 heteroatoms. The van der Waals surface area contributed by atoms with Gasteiger partial charge in [-0.05, 0) is 44.2 Å². The minimum absolute atomic E-state index is 0.0164. The first kappa shape index (κ1) is 20.7. The Morgan fingerprint density at radius 1 is 1.17 bits per heavy atom. The zero-order valence-corrected chi connectivity index (χ0v) is 17.2. The number of carbonyl (C=O) groups is 1. The van der Waals surface area contributed by atoms with Crippen molar-refractivity contribution in [3.05, 3.63) is 70.3 Å². The molecule has 29 heavy (non-hydrogen) atoms. The minimum Gasteiger partial charge on any atom is -0.334 e. The lowest BCUT2D eigenvalue weighted by atomic mass is 10.2. The maximum atomic E-state index is 12.8. The van der Waals surface area contributed by atoms with E-state index in [0.29, 0.717) is 16.7 Å². The number of aromatic nitrogens is 2. The van der Waals surface area contributed by atoms with E-state index in [0.717, 1.165) is 0 Å². The molecule has 0 aliphatic carbocycles. The summed E-state index contributed by atoms with van der Waals surface area (Å²) in [6, 6.07) is 12.5. The highest BCUT2D eigenvalue weighted by atomic mass is 32.2. The van der Waals surface area contributed by atoms with Crippen LogP contribution in [0.2, 0.25) is 0 Å². The molecule has 0 aliphatic rings. The van der Waals surface area contributed by atoms with Crippen LogP contribution in [-0.4, -0.2) is 42.3 Å². The zero-order valence-electron chi connectivity index (χ0n) is 16.3. The zero-order chi connectivity index (χ0) is 21.2. The molecule has 3 aromatic rings. The lowest BCUT2D eigenvalue weighted by Crippen LogP contribution is -2.31. The maximum absolute atomic E-state index is 12.8. The summed E-state index contributed by atoms with van der Waals surface area (Å²) in [6.07, 6.45) is 0. The number of sulfonamides is 1. The van der Waals surface area contributed by atoms with Crippen molar-refractivity contribution in [3.8, 4) is 0 Å². The monoisotopic (exact) mass is 414 g/mol. The van der Waals surface area contributed by atoms with Gasteiger partial charge in [0.05, 0.1) is 22.3 Å². The van der Waals surface area contributed by atoms with Gasteiger partial charge >= 0.3 is 0 Å². The molecular weight excluding hydrogens is 392 g/mol. The molecule has 0 aliphatic heterocycles. The lowest BCUT2D eigenvalue weighted by molar-refractivity contribution is 0.0781. The molecule has 2 N–H and O–H groups in total. The Hall–Kier alpha value is -3.04. The third-order valence-electron chi connectivity index (χ3n) is 4.18. The fourth-order valence-corrected chi connectivity index (χ4v) is 4.20. The fourth-order valence-electron chi connectivity index (χ4n) is 2.90. The Morgan fingerprint density at radius 3 is 2.62 bits per heavy atom. The van der Waals surface area contributed by atoms with Gasteiger partial charge in [-0.25, -0.2) is 18.1 Å². The van der Waals surface area contributed by atoms with Crippen LogP contribution in [0.15, 0.2) is 58.2 Å². The van der Waals surface area contributed by atoms with Crippen LogP contribution in [0.4, 0.5) is 0 Å². The van der Waals surface area contributed by atoms with Gasteiger partial charge in [-0.3, -0.25) is 9.59 Å². The van der Waals surface area contributed by atoms with Gasteiger partial charge in [-0.2, -0.15) is 0 Å². The number of para-hydroxylation sites is 1. The number of carbonyl (C=O) groups excluding carboxylic acids is 1. The van der Waals surface area contributed by atoms with E-state index >= 15 is 0 Å². The van der Waals surface area contributed by atoms with Crippen molar-refractivity contribution in [2.24, 2.45) is 0 Å². The highest BCUT2D eigenvalue weighted by Gasteiger charge is 2.19. The average molecular weight is 414 g/mol. The Labute approximate surface area is 168 Å². The third kappa shape index (κ3) is 4.69. The van der Waals surface area contributed by atoms with Crippen molar-refractivity contribution >= 4 is 26.8 Å². The molecule has 1 amide bonds. The molecule has 8 nitrogen and oxygen atoms in total. The first-order valence-electron chi connectivity index (χ1n) is 9.03. The Bertz CT molecular complexity index is 1220. The number of aromatic amines is 1. The number of benzene rings is 2. The first-order valence-corrected chi connectivity index (χ1v) is 10.5. The summed E-state index contributed by atoms with van der Waals surface area (Å²) >= 11 is 0. The van der Waals surface area contributed by atoms with Crippen LogP contribution in [0.3, 0.4) is 0 Å². The highest BCUT2D eigenvalue weighted by Crippen LogP contribution is 2.14. The molecule has 0 saturated heterocycles. The molecule has 3 rings (SSSR count). The molecule has 0 atom stereocenters. The minimum atomic E-state index is -3.71. The molecule has 0 spiro atoms. The number of rotatable bonds is 6. The number of fused-ring (bicyclic) bond motifs is 1. The summed E-state index contributed by atoms with van der Waals surface area (Å²) in [6.45, 7) is 3.51. The standard InChI is InChI=1S/C20H22N4O4S/c1-13(2)23-29(27,28)15-8-6-7-14(11-15)20(26)24(3)12-18-21-17-10-5-4-9-16(17)19(25)22-18/h4-11,13,23H,12H2,1-3H3,(H,21,22,25). The first-order chi connectivity index (χ1) is 13.7. The van der Waals surface area contributed by atoms with Gasteiger partial charge in [-0.15, -0.1) is 0 Å². The molecule has 152 valence electrons. The van der Waals surface area contributed by atoms with Crippen LogP contribution in [0, 0.1) is 0 Å².